The number of nitrogens with zero attached hydrogens (tertiary/aromatic N) is 2. The first-order valence-corrected chi connectivity index (χ1v) is 7.39. The number of amides is 1. The van der Waals surface area contributed by atoms with Crippen molar-refractivity contribution in [2.45, 2.75) is 11.3 Å². The smallest absolute Gasteiger partial charge is 0.246 e. The summed E-state index contributed by atoms with van der Waals surface area (Å²) in [5, 5.41) is 5.42. The topological polar surface area (TPSA) is 91.4 Å². The van der Waals surface area contributed by atoms with E-state index in [1.165, 1.54) is 16.6 Å². The van der Waals surface area contributed by atoms with Crippen molar-refractivity contribution in [1.82, 2.24) is 14.6 Å². The molecule has 1 amide bonds. The fourth-order valence-electron chi connectivity index (χ4n) is 1.91. The molecular weight excluding hydrogens is 268 g/mol. The molecule has 2 rings (SSSR count). The van der Waals surface area contributed by atoms with E-state index in [0.29, 0.717) is 12.4 Å². The molecule has 7 nitrogen and oxygen atoms in total. The molecule has 1 aromatic heterocycles. The second-order valence-corrected chi connectivity index (χ2v) is 6.01. The SMILES string of the molecule is CNc1ncccc1S(=O)(=O)N1CCNC(=O)CC1. The summed E-state index contributed by atoms with van der Waals surface area (Å²) in [6.45, 7) is 0.783. The van der Waals surface area contributed by atoms with Crippen LogP contribution in [-0.2, 0) is 14.8 Å². The molecule has 19 heavy (non-hydrogen) atoms. The van der Waals surface area contributed by atoms with Gasteiger partial charge in [-0.1, -0.05) is 0 Å². The van der Waals surface area contributed by atoms with Crippen LogP contribution in [0.15, 0.2) is 23.2 Å². The van der Waals surface area contributed by atoms with Gasteiger partial charge in [-0.05, 0) is 12.1 Å². The number of nitrogens with one attached hydrogen (secondary N) is 2. The zero-order chi connectivity index (χ0) is 13.9. The number of sulfonamides is 1. The van der Waals surface area contributed by atoms with Gasteiger partial charge in [-0.2, -0.15) is 4.31 Å². The average Bonchev–Trinajstić information content (AvgIpc) is 2.64. The Balaban J connectivity index is 2.33. The standard InChI is InChI=1S/C11H16N4O3S/c1-12-11-9(3-2-5-14-11)19(17,18)15-7-4-10(16)13-6-8-15/h2-3,5H,4,6-8H2,1H3,(H,12,14)(H,13,16). The minimum atomic E-state index is -3.64. The highest BCUT2D eigenvalue weighted by atomic mass is 32.2. The predicted molar refractivity (Wildman–Crippen MR) is 70.2 cm³/mol. The Morgan fingerprint density at radius 3 is 2.95 bits per heavy atom. The molecule has 1 fully saturated rings. The lowest BCUT2D eigenvalue weighted by Gasteiger charge is -2.20. The van der Waals surface area contributed by atoms with Gasteiger partial charge in [0.15, 0.2) is 0 Å². The van der Waals surface area contributed by atoms with Crippen molar-refractivity contribution in [3.8, 4) is 0 Å². The molecule has 0 unspecified atom stereocenters. The largest absolute Gasteiger partial charge is 0.372 e. The van der Waals surface area contributed by atoms with Crippen molar-refractivity contribution in [2.75, 3.05) is 32.0 Å². The Hall–Kier alpha value is -1.67. The Labute approximate surface area is 112 Å². The highest BCUT2D eigenvalue weighted by molar-refractivity contribution is 7.89. The van der Waals surface area contributed by atoms with E-state index in [1.807, 2.05) is 0 Å². The van der Waals surface area contributed by atoms with E-state index < -0.39 is 10.0 Å². The lowest BCUT2D eigenvalue weighted by atomic mass is 10.4. The fourth-order valence-corrected chi connectivity index (χ4v) is 3.50. The van der Waals surface area contributed by atoms with Crippen molar-refractivity contribution in [2.24, 2.45) is 0 Å². The molecular formula is C11H16N4O3S. The molecule has 2 N–H and O–H groups in total. The van der Waals surface area contributed by atoms with Crippen LogP contribution in [0.2, 0.25) is 0 Å². The van der Waals surface area contributed by atoms with Gasteiger partial charge in [-0.25, -0.2) is 13.4 Å². The first-order valence-electron chi connectivity index (χ1n) is 5.95. The molecule has 0 aliphatic carbocycles. The summed E-state index contributed by atoms with van der Waals surface area (Å²) in [5.41, 5.74) is 0. The Morgan fingerprint density at radius 2 is 2.21 bits per heavy atom. The van der Waals surface area contributed by atoms with Gasteiger partial charge in [0.05, 0.1) is 0 Å². The summed E-state index contributed by atoms with van der Waals surface area (Å²) in [5.74, 6) is 0.184. The van der Waals surface area contributed by atoms with Gasteiger partial charge in [0, 0.05) is 39.3 Å². The van der Waals surface area contributed by atoms with Crippen LogP contribution in [0.25, 0.3) is 0 Å². The number of aromatic nitrogens is 1. The van der Waals surface area contributed by atoms with Gasteiger partial charge in [0.25, 0.3) is 0 Å². The van der Waals surface area contributed by atoms with Crippen LogP contribution >= 0.6 is 0 Å². The molecule has 8 heteroatoms. The molecule has 1 aliphatic heterocycles. The number of rotatable bonds is 3. The molecule has 0 spiro atoms. The monoisotopic (exact) mass is 284 g/mol. The molecule has 1 saturated heterocycles. The van der Waals surface area contributed by atoms with Crippen LogP contribution in [0, 0.1) is 0 Å². The molecule has 0 bridgehead atoms. The van der Waals surface area contributed by atoms with E-state index in [4.69, 9.17) is 0 Å². The van der Waals surface area contributed by atoms with Crippen molar-refractivity contribution < 1.29 is 13.2 Å². The van der Waals surface area contributed by atoms with Gasteiger partial charge < -0.3 is 10.6 Å². The Morgan fingerprint density at radius 1 is 1.42 bits per heavy atom. The number of hydrogen-bond donors (Lipinski definition) is 2. The van der Waals surface area contributed by atoms with Crippen LogP contribution in [-0.4, -0.2) is 50.3 Å². The molecule has 1 aliphatic rings. The number of pyridine rings is 1. The quantitative estimate of drug-likeness (QED) is 0.790. The van der Waals surface area contributed by atoms with Crippen LogP contribution in [0.1, 0.15) is 6.42 Å². The van der Waals surface area contributed by atoms with Crippen molar-refractivity contribution in [3.63, 3.8) is 0 Å². The van der Waals surface area contributed by atoms with Gasteiger partial charge in [0.1, 0.15) is 10.7 Å². The third-order valence-electron chi connectivity index (χ3n) is 2.90. The third-order valence-corrected chi connectivity index (χ3v) is 4.83. The van der Waals surface area contributed by atoms with E-state index >= 15 is 0 Å². The first kappa shape index (κ1) is 13.8. The Kier molecular flexibility index (Phi) is 4.01. The molecule has 0 saturated carbocycles. The lowest BCUT2D eigenvalue weighted by molar-refractivity contribution is -0.120. The van der Waals surface area contributed by atoms with E-state index in [0.717, 1.165) is 0 Å². The second-order valence-electron chi connectivity index (χ2n) is 4.10. The molecule has 104 valence electrons. The van der Waals surface area contributed by atoms with Crippen LogP contribution in [0.5, 0.6) is 0 Å². The highest BCUT2D eigenvalue weighted by Crippen LogP contribution is 2.22. The highest BCUT2D eigenvalue weighted by Gasteiger charge is 2.29. The van der Waals surface area contributed by atoms with Crippen LogP contribution in [0.3, 0.4) is 0 Å². The van der Waals surface area contributed by atoms with Gasteiger partial charge >= 0.3 is 0 Å². The van der Waals surface area contributed by atoms with Gasteiger partial charge in [-0.15, -0.1) is 0 Å². The number of carbonyl (C=O) groups is 1. The Bertz CT molecular complexity index is 573. The minimum Gasteiger partial charge on any atom is -0.372 e. The zero-order valence-electron chi connectivity index (χ0n) is 10.6. The molecule has 2 heterocycles. The fraction of sp³-hybridized carbons (Fsp3) is 0.455. The predicted octanol–water partition coefficient (Wildman–Crippen LogP) is -0.366. The summed E-state index contributed by atoms with van der Waals surface area (Å²) in [7, 11) is -2.02. The average molecular weight is 284 g/mol. The molecule has 1 aromatic rings. The number of hydrogen-bond acceptors (Lipinski definition) is 5. The summed E-state index contributed by atoms with van der Waals surface area (Å²) in [6, 6.07) is 3.09. The summed E-state index contributed by atoms with van der Waals surface area (Å²) >= 11 is 0. The summed E-state index contributed by atoms with van der Waals surface area (Å²) in [6.07, 6.45) is 1.70. The second kappa shape index (κ2) is 5.54. The maximum atomic E-state index is 12.5. The first-order chi connectivity index (χ1) is 9.05. The minimum absolute atomic E-state index is 0.127. The normalized spacial score (nSPS) is 17.6. The van der Waals surface area contributed by atoms with E-state index in [9.17, 15) is 13.2 Å². The van der Waals surface area contributed by atoms with Gasteiger partial charge in [0.2, 0.25) is 15.9 Å². The van der Waals surface area contributed by atoms with E-state index in [2.05, 4.69) is 15.6 Å². The van der Waals surface area contributed by atoms with Crippen LogP contribution < -0.4 is 10.6 Å². The lowest BCUT2D eigenvalue weighted by Crippen LogP contribution is -2.34. The van der Waals surface area contributed by atoms with Crippen molar-refractivity contribution in [1.29, 1.82) is 0 Å². The molecule has 0 atom stereocenters. The third kappa shape index (κ3) is 2.85. The molecule has 0 radical (unpaired) electrons. The number of carbonyl (C=O) groups excluding carboxylic acids is 1. The van der Waals surface area contributed by atoms with E-state index in [-0.39, 0.29) is 30.3 Å². The van der Waals surface area contributed by atoms with Crippen molar-refractivity contribution >= 4 is 21.7 Å². The summed E-state index contributed by atoms with van der Waals surface area (Å²) in [4.78, 5) is 15.4. The van der Waals surface area contributed by atoms with Crippen molar-refractivity contribution in [3.05, 3.63) is 18.3 Å². The molecule has 0 aromatic carbocycles. The maximum Gasteiger partial charge on any atom is 0.246 e. The number of anilines is 1. The summed E-state index contributed by atoms with van der Waals surface area (Å²) < 4.78 is 26.4. The zero-order valence-corrected chi connectivity index (χ0v) is 11.4. The van der Waals surface area contributed by atoms with E-state index in [1.54, 1.807) is 13.1 Å². The van der Waals surface area contributed by atoms with Gasteiger partial charge in [-0.3, -0.25) is 4.79 Å². The maximum absolute atomic E-state index is 12.5. The van der Waals surface area contributed by atoms with Crippen LogP contribution in [0.4, 0.5) is 5.82 Å².